The molecule has 0 aliphatic heterocycles. The predicted molar refractivity (Wildman–Crippen MR) is 210 cm³/mol. The molecule has 51 heavy (non-hydrogen) atoms. The van der Waals surface area contributed by atoms with E-state index in [1.165, 1.54) is 128 Å². The summed E-state index contributed by atoms with van der Waals surface area (Å²) in [5.41, 5.74) is 0. The van der Waals surface area contributed by atoms with E-state index in [9.17, 15) is 32.8 Å². The minimum Gasteiger partial charge on any atom is -0.726 e. The van der Waals surface area contributed by atoms with Crippen LogP contribution < -0.4 is 0 Å². The van der Waals surface area contributed by atoms with E-state index in [0.717, 1.165) is 45.6 Å². The van der Waals surface area contributed by atoms with E-state index in [0.29, 0.717) is 12.8 Å². The molecule has 0 aliphatic carbocycles. The Hall–Kier alpha value is -0.910. The molecule has 0 radical (unpaired) electrons. The van der Waals surface area contributed by atoms with Crippen LogP contribution in [0.25, 0.3) is 0 Å². The van der Waals surface area contributed by atoms with Crippen molar-refractivity contribution in [2.45, 2.75) is 232 Å². The molecular weight excluding hydrogens is 667 g/mol. The van der Waals surface area contributed by atoms with Gasteiger partial charge in [0.15, 0.2) is 23.7 Å². The van der Waals surface area contributed by atoms with Crippen LogP contribution >= 0.6 is 0 Å². The van der Waals surface area contributed by atoms with Gasteiger partial charge in [-0.3, -0.25) is 13.8 Å². The van der Waals surface area contributed by atoms with Gasteiger partial charge in [0.05, 0.1) is 21.2 Å². The molecule has 0 rings (SSSR count). The van der Waals surface area contributed by atoms with Gasteiger partial charge in [-0.05, 0) is 26.7 Å². The van der Waals surface area contributed by atoms with Crippen molar-refractivity contribution in [3.63, 3.8) is 0 Å². The Morgan fingerprint density at radius 1 is 0.529 bits per heavy atom. The highest BCUT2D eigenvalue weighted by molar-refractivity contribution is 7.80. The summed E-state index contributed by atoms with van der Waals surface area (Å²) in [6.07, 6.45) is 31.8. The van der Waals surface area contributed by atoms with Crippen LogP contribution in [0.1, 0.15) is 207 Å². The number of carbonyl (C=O) groups excluding carboxylic acids is 2. The Kier molecular flexibility index (Phi) is 34.4. The fraction of sp³-hybridized carbons (Fsp3) is 0.951. The Morgan fingerprint density at radius 2 is 0.725 bits per heavy atom. The van der Waals surface area contributed by atoms with Crippen LogP contribution in [0.15, 0.2) is 0 Å². The van der Waals surface area contributed by atoms with Crippen molar-refractivity contribution in [3.05, 3.63) is 0 Å². The summed E-state index contributed by atoms with van der Waals surface area (Å²) in [6.45, 7) is 7.84. The van der Waals surface area contributed by atoms with Crippen molar-refractivity contribution in [2.24, 2.45) is 0 Å². The van der Waals surface area contributed by atoms with Crippen LogP contribution in [0.2, 0.25) is 0 Å². The molecule has 0 aliphatic rings. The van der Waals surface area contributed by atoms with Gasteiger partial charge in [0, 0.05) is 12.8 Å². The van der Waals surface area contributed by atoms with E-state index in [2.05, 4.69) is 18.0 Å². The molecule has 4 atom stereocenters. The number of likely N-dealkylation sites (N-methyl/N-ethyl adjacent to an activating group) is 1. The Bertz CT molecular complexity index is 867. The number of hydrogen-bond acceptors (Lipinski definition) is 8. The highest BCUT2D eigenvalue weighted by Crippen LogP contribution is 2.25. The first-order valence-corrected chi connectivity index (χ1v) is 22.3. The first-order valence-electron chi connectivity index (χ1n) is 20.9. The van der Waals surface area contributed by atoms with Gasteiger partial charge in [0.25, 0.3) is 0 Å². The quantitative estimate of drug-likeness (QED) is 0.0282. The summed E-state index contributed by atoms with van der Waals surface area (Å²) in [6, 6.07) is -1.42. The number of rotatable bonds is 35. The van der Waals surface area contributed by atoms with Crippen LogP contribution in [-0.4, -0.2) is 84.7 Å². The SMILES string of the molecule is CCCCCCCCCCCCCCCC(=O)C(C(C)O)[N+](C)(C)C(C(=O)CCCCCCCCCCCCCCC)C(C)O.COS(=O)(=O)[O-]. The van der Waals surface area contributed by atoms with Gasteiger partial charge in [-0.25, -0.2) is 8.42 Å². The molecule has 0 fully saturated rings. The molecule has 2 N–H and O–H groups in total. The topological polar surface area (TPSA) is 141 Å². The summed E-state index contributed by atoms with van der Waals surface area (Å²) in [5, 5.41) is 21.4. The molecule has 0 aromatic rings. The molecular formula is C41H83NO8S. The van der Waals surface area contributed by atoms with Crippen molar-refractivity contribution in [1.82, 2.24) is 0 Å². The lowest BCUT2D eigenvalue weighted by Crippen LogP contribution is -2.67. The van der Waals surface area contributed by atoms with E-state index in [1.54, 1.807) is 13.8 Å². The average molecular weight is 750 g/mol. The third kappa shape index (κ3) is 30.1. The number of Topliss-reactive ketones (excluding diaryl/α,β-unsaturated/α-hetero) is 2. The normalized spacial score (nSPS) is 14.4. The van der Waals surface area contributed by atoms with Crippen molar-refractivity contribution in [1.29, 1.82) is 0 Å². The van der Waals surface area contributed by atoms with Crippen molar-refractivity contribution >= 4 is 22.0 Å². The first kappa shape index (κ1) is 52.2. The molecule has 0 saturated carbocycles. The number of aliphatic hydroxyl groups is 2. The highest BCUT2D eigenvalue weighted by atomic mass is 32.3. The fourth-order valence-electron chi connectivity index (χ4n) is 7.50. The number of carbonyl (C=O) groups is 2. The largest absolute Gasteiger partial charge is 0.726 e. The lowest BCUT2D eigenvalue weighted by Gasteiger charge is -2.45. The number of nitrogens with zero attached hydrogens (tertiary/aromatic N) is 1. The minimum atomic E-state index is -4.41. The van der Waals surface area contributed by atoms with Gasteiger partial charge < -0.3 is 19.2 Å². The van der Waals surface area contributed by atoms with Crippen LogP contribution in [-0.2, 0) is 24.2 Å². The van der Waals surface area contributed by atoms with Crippen LogP contribution in [0.4, 0.5) is 0 Å². The molecule has 306 valence electrons. The van der Waals surface area contributed by atoms with Crippen molar-refractivity contribution < 1.29 is 41.4 Å². The van der Waals surface area contributed by atoms with Crippen LogP contribution in [0, 0.1) is 0 Å². The smallest absolute Gasteiger partial charge is 0.217 e. The number of aliphatic hydroxyl groups excluding tert-OH is 2. The molecule has 0 amide bonds. The summed E-state index contributed by atoms with van der Waals surface area (Å²) < 4.78 is 31.0. The van der Waals surface area contributed by atoms with Gasteiger partial charge in [0.1, 0.15) is 12.2 Å². The van der Waals surface area contributed by atoms with Crippen molar-refractivity contribution in [3.8, 4) is 0 Å². The maximum atomic E-state index is 13.4. The second kappa shape index (κ2) is 33.6. The number of hydrogen-bond donors (Lipinski definition) is 2. The lowest BCUT2D eigenvalue weighted by atomic mass is 9.91. The number of unbranched alkanes of at least 4 members (excludes halogenated alkanes) is 24. The van der Waals surface area contributed by atoms with Gasteiger partial charge in [-0.1, -0.05) is 168 Å². The molecule has 0 saturated heterocycles. The second-order valence-electron chi connectivity index (χ2n) is 15.5. The monoisotopic (exact) mass is 750 g/mol. The van der Waals surface area contributed by atoms with Gasteiger partial charge >= 0.3 is 0 Å². The molecule has 9 nitrogen and oxygen atoms in total. The zero-order valence-electron chi connectivity index (χ0n) is 34.3. The second-order valence-corrected chi connectivity index (χ2v) is 16.6. The molecule has 0 bridgehead atoms. The Morgan fingerprint density at radius 3 is 0.902 bits per heavy atom. The van der Waals surface area contributed by atoms with E-state index in [-0.39, 0.29) is 16.0 Å². The van der Waals surface area contributed by atoms with Gasteiger partial charge in [0.2, 0.25) is 10.4 Å². The van der Waals surface area contributed by atoms with Gasteiger partial charge in [-0.15, -0.1) is 0 Å². The van der Waals surface area contributed by atoms with Crippen molar-refractivity contribution in [2.75, 3.05) is 21.2 Å². The summed E-state index contributed by atoms with van der Waals surface area (Å²) in [4.78, 5) is 26.8. The molecule has 4 unspecified atom stereocenters. The molecule has 0 heterocycles. The van der Waals surface area contributed by atoms with Crippen LogP contribution in [0.5, 0.6) is 0 Å². The zero-order valence-corrected chi connectivity index (χ0v) is 35.1. The summed E-state index contributed by atoms with van der Waals surface area (Å²) in [7, 11) is 0.0867. The number of ketones is 2. The van der Waals surface area contributed by atoms with E-state index >= 15 is 0 Å². The zero-order chi connectivity index (χ0) is 39.0. The summed E-state index contributed by atoms with van der Waals surface area (Å²) >= 11 is 0. The third-order valence-electron chi connectivity index (χ3n) is 10.3. The van der Waals surface area contributed by atoms with Crippen LogP contribution in [0.3, 0.4) is 0 Å². The third-order valence-corrected chi connectivity index (χ3v) is 10.7. The minimum absolute atomic E-state index is 0.0116. The maximum Gasteiger partial charge on any atom is 0.217 e. The maximum absolute atomic E-state index is 13.4. The molecule has 10 heteroatoms. The summed E-state index contributed by atoms with van der Waals surface area (Å²) in [5.74, 6) is 0.0231. The standard InChI is InChI=1S/C40H80NO4.CH4O4S/c1-7-9-11-13-15-17-19-21-23-25-27-29-31-33-37(44)39(35(3)42)41(5,6)40(36(4)43)38(45)34-32-30-28-26-24-22-20-18-16-14-12-10-8-2;1-5-6(2,3)4/h35-36,39-40,42-43H,7-34H2,1-6H3;1H3,(H,2,3,4)/q+1;/p-1. The highest BCUT2D eigenvalue weighted by Gasteiger charge is 2.48. The lowest BCUT2D eigenvalue weighted by molar-refractivity contribution is -0.927. The molecule has 0 aromatic heterocycles. The van der Waals surface area contributed by atoms with Gasteiger partial charge in [-0.2, -0.15) is 0 Å². The Balaban J connectivity index is 0. The average Bonchev–Trinajstić information content (AvgIpc) is 3.04. The number of quaternary nitrogens is 1. The Labute approximate surface area is 315 Å². The predicted octanol–water partition coefficient (Wildman–Crippen LogP) is 9.76. The molecule has 0 aromatic carbocycles. The first-order chi connectivity index (χ1) is 24.2. The fourth-order valence-corrected chi connectivity index (χ4v) is 7.50. The van der Waals surface area contributed by atoms with E-state index < -0.39 is 34.7 Å². The van der Waals surface area contributed by atoms with E-state index in [1.807, 2.05) is 14.1 Å². The molecule has 0 spiro atoms. The van der Waals surface area contributed by atoms with E-state index in [4.69, 9.17) is 0 Å².